The zero-order valence-electron chi connectivity index (χ0n) is 6.57. The molecular formula is C7H9O3+. The number of aliphatic hydroxyl groups excluding tert-OH is 1. The van der Waals surface area contributed by atoms with Gasteiger partial charge in [0.25, 0.3) is 0 Å². The Balaban J connectivity index is 0. The molecule has 0 atom stereocenters. The van der Waals surface area contributed by atoms with Crippen molar-refractivity contribution >= 4 is 11.6 Å². The molecule has 0 radical (unpaired) electrons. The van der Waals surface area contributed by atoms with E-state index in [1.54, 1.807) is 0 Å². The highest BCUT2D eigenvalue weighted by atomic mass is 16.2. The predicted octanol–water partition coefficient (Wildman–Crippen LogP) is -0.0284. The van der Waals surface area contributed by atoms with Gasteiger partial charge in [0.15, 0.2) is 11.6 Å². The number of carbonyl (C=O) groups is 2. The van der Waals surface area contributed by atoms with Gasteiger partial charge in [0.05, 0.1) is 0 Å². The van der Waals surface area contributed by atoms with Crippen molar-refractivity contribution in [3.63, 3.8) is 0 Å². The zero-order valence-corrected chi connectivity index (χ0v) is 5.57. The van der Waals surface area contributed by atoms with E-state index in [-0.39, 0.29) is 13.0 Å². The number of allylic oxidation sites excluding steroid dienone is 4. The summed E-state index contributed by atoms with van der Waals surface area (Å²) in [6.45, 7) is 0. The molecule has 0 saturated heterocycles. The lowest BCUT2D eigenvalue weighted by molar-refractivity contribution is -0.113. The molecule has 10 heavy (non-hydrogen) atoms. The Labute approximate surface area is 60.2 Å². The molecule has 0 aromatic heterocycles. The number of hydrogen-bond acceptors (Lipinski definition) is 3. The van der Waals surface area contributed by atoms with Crippen LogP contribution in [0.2, 0.25) is 0 Å². The van der Waals surface area contributed by atoms with Gasteiger partial charge in [0, 0.05) is 7.11 Å². The van der Waals surface area contributed by atoms with Crippen LogP contribution in [-0.2, 0) is 9.59 Å². The summed E-state index contributed by atoms with van der Waals surface area (Å²) in [5.74, 6) is -0.241. The molecule has 0 unspecified atom stereocenters. The van der Waals surface area contributed by atoms with Crippen LogP contribution in [0.5, 0.6) is 0 Å². The Kier molecular flexibility index (Phi) is 4.07. The minimum absolute atomic E-state index is 0. The summed E-state index contributed by atoms with van der Waals surface area (Å²) in [6, 6.07) is 0. The van der Waals surface area contributed by atoms with Gasteiger partial charge in [-0.05, 0) is 24.3 Å². The second kappa shape index (κ2) is 4.64. The van der Waals surface area contributed by atoms with Gasteiger partial charge in [-0.15, -0.1) is 0 Å². The highest BCUT2D eigenvalue weighted by molar-refractivity contribution is 6.14. The summed E-state index contributed by atoms with van der Waals surface area (Å²) in [5, 5.41) is 7.00. The summed E-state index contributed by atoms with van der Waals surface area (Å²) >= 11 is 0. The lowest BCUT2D eigenvalue weighted by Crippen LogP contribution is -1.97. The van der Waals surface area contributed by atoms with Crippen LogP contribution in [0, 0.1) is 0 Å². The molecule has 1 aliphatic carbocycles. The van der Waals surface area contributed by atoms with Crippen LogP contribution in [0.1, 0.15) is 1.43 Å². The van der Waals surface area contributed by atoms with Crippen molar-refractivity contribution in [1.82, 2.24) is 0 Å². The summed E-state index contributed by atoms with van der Waals surface area (Å²) in [5.41, 5.74) is 0. The van der Waals surface area contributed by atoms with Crippen LogP contribution in [0.25, 0.3) is 0 Å². The fourth-order valence-corrected chi connectivity index (χ4v) is 0.440. The van der Waals surface area contributed by atoms with Crippen molar-refractivity contribution in [2.75, 3.05) is 7.11 Å². The largest absolute Gasteiger partial charge is 1.00 e. The Hall–Kier alpha value is -1.22. The molecule has 0 heterocycles. The van der Waals surface area contributed by atoms with E-state index in [1.165, 1.54) is 24.3 Å². The first-order chi connectivity index (χ1) is 4.79. The standard InChI is InChI=1S/C6H4O2.CH4O/c7-5-1-2-6(8)4-3-5;1-2/h1-4H;2H,1H3/p+1. The average molecular weight is 141 g/mol. The van der Waals surface area contributed by atoms with Gasteiger partial charge < -0.3 is 5.11 Å². The number of hydrogen-bond donors (Lipinski definition) is 1. The van der Waals surface area contributed by atoms with Crippen LogP contribution in [0.4, 0.5) is 0 Å². The van der Waals surface area contributed by atoms with Crippen LogP contribution < -0.4 is 0 Å². The summed E-state index contributed by atoms with van der Waals surface area (Å²) in [6.07, 6.45) is 5.01. The molecule has 0 aliphatic heterocycles. The molecule has 1 rings (SSSR count). The fourth-order valence-electron chi connectivity index (χ4n) is 0.440. The van der Waals surface area contributed by atoms with Gasteiger partial charge in [-0.3, -0.25) is 9.59 Å². The van der Waals surface area contributed by atoms with Crippen molar-refractivity contribution in [2.45, 2.75) is 0 Å². The lowest BCUT2D eigenvalue weighted by Gasteiger charge is -1.87. The minimum Gasteiger partial charge on any atom is -0.400 e. The second-order valence-electron chi connectivity index (χ2n) is 1.47. The molecule has 0 saturated carbocycles. The normalized spacial score (nSPS) is 14.6. The van der Waals surface area contributed by atoms with Gasteiger partial charge in [-0.25, -0.2) is 0 Å². The lowest BCUT2D eigenvalue weighted by atomic mass is 10.2. The van der Waals surface area contributed by atoms with E-state index in [2.05, 4.69) is 0 Å². The third-order valence-corrected chi connectivity index (χ3v) is 0.824. The van der Waals surface area contributed by atoms with Crippen molar-refractivity contribution in [1.29, 1.82) is 0 Å². The molecule has 0 spiro atoms. The third-order valence-electron chi connectivity index (χ3n) is 0.824. The minimum atomic E-state index is -0.121. The first kappa shape index (κ1) is 8.78. The van der Waals surface area contributed by atoms with E-state index in [4.69, 9.17) is 5.11 Å². The third kappa shape index (κ3) is 2.94. The molecular weight excluding hydrogens is 132 g/mol. The topological polar surface area (TPSA) is 54.4 Å². The molecule has 3 heteroatoms. The van der Waals surface area contributed by atoms with Crippen LogP contribution in [0.15, 0.2) is 24.3 Å². The van der Waals surface area contributed by atoms with E-state index in [1.807, 2.05) is 0 Å². The quantitative estimate of drug-likeness (QED) is 0.482. The van der Waals surface area contributed by atoms with Crippen LogP contribution in [0.3, 0.4) is 0 Å². The van der Waals surface area contributed by atoms with Crippen LogP contribution >= 0.6 is 0 Å². The summed E-state index contributed by atoms with van der Waals surface area (Å²) in [7, 11) is 1.00. The van der Waals surface area contributed by atoms with Gasteiger partial charge in [-0.2, -0.15) is 0 Å². The Bertz CT molecular complexity index is 156. The summed E-state index contributed by atoms with van der Waals surface area (Å²) in [4.78, 5) is 20.6. The number of aliphatic hydroxyl groups is 1. The molecule has 0 aromatic rings. The Morgan fingerprint density at radius 3 is 1.40 bits per heavy atom. The molecule has 1 N–H and O–H groups in total. The first-order valence-electron chi connectivity index (χ1n) is 2.68. The van der Waals surface area contributed by atoms with Gasteiger partial charge in [-0.1, -0.05) is 0 Å². The zero-order chi connectivity index (χ0) is 7.98. The molecule has 0 amide bonds. The van der Waals surface area contributed by atoms with Gasteiger partial charge >= 0.3 is 1.43 Å². The maximum atomic E-state index is 10.3. The maximum absolute atomic E-state index is 10.3. The van der Waals surface area contributed by atoms with Gasteiger partial charge in [0.2, 0.25) is 0 Å². The maximum Gasteiger partial charge on any atom is 1.00 e. The second-order valence-corrected chi connectivity index (χ2v) is 1.47. The van der Waals surface area contributed by atoms with Gasteiger partial charge in [0.1, 0.15) is 0 Å². The van der Waals surface area contributed by atoms with Crippen molar-refractivity contribution in [2.24, 2.45) is 0 Å². The van der Waals surface area contributed by atoms with E-state index in [9.17, 15) is 9.59 Å². The Morgan fingerprint density at radius 2 is 1.20 bits per heavy atom. The SMILES string of the molecule is CO.O=C1C=CC(=O)C=C1.[H+]. The van der Waals surface area contributed by atoms with Crippen molar-refractivity contribution in [3.05, 3.63) is 24.3 Å². The highest BCUT2D eigenvalue weighted by Crippen LogP contribution is 1.90. The predicted molar refractivity (Wildman–Crippen MR) is 37.5 cm³/mol. The molecule has 0 aromatic carbocycles. The average Bonchev–Trinajstić information content (AvgIpc) is 2.00. The Morgan fingerprint density at radius 1 is 1.00 bits per heavy atom. The van der Waals surface area contributed by atoms with Crippen LogP contribution in [-0.4, -0.2) is 23.8 Å². The van der Waals surface area contributed by atoms with E-state index in [0.717, 1.165) is 7.11 Å². The van der Waals surface area contributed by atoms with E-state index in [0.29, 0.717) is 0 Å². The highest BCUT2D eigenvalue weighted by Gasteiger charge is 1.97. The summed E-state index contributed by atoms with van der Waals surface area (Å²) < 4.78 is 0. The fraction of sp³-hybridized carbons (Fsp3) is 0.143. The monoisotopic (exact) mass is 141 g/mol. The molecule has 1 aliphatic rings. The number of ketones is 2. The molecule has 54 valence electrons. The number of rotatable bonds is 0. The molecule has 3 nitrogen and oxygen atoms in total. The van der Waals surface area contributed by atoms with Crippen molar-refractivity contribution in [3.8, 4) is 0 Å². The van der Waals surface area contributed by atoms with Crippen molar-refractivity contribution < 1.29 is 16.1 Å². The number of carbonyl (C=O) groups excluding carboxylic acids is 2. The first-order valence-corrected chi connectivity index (χ1v) is 2.68. The molecule has 0 fully saturated rings. The molecule has 0 bridgehead atoms. The smallest absolute Gasteiger partial charge is 0.400 e. The van der Waals surface area contributed by atoms with E-state index < -0.39 is 0 Å². The van der Waals surface area contributed by atoms with E-state index >= 15 is 0 Å².